The predicted molar refractivity (Wildman–Crippen MR) is 74.7 cm³/mol. The zero-order valence-corrected chi connectivity index (χ0v) is 10.4. The molecular weight excluding hydrogens is 236 g/mol. The van der Waals surface area contributed by atoms with Crippen LogP contribution < -0.4 is 5.73 Å². The Labute approximate surface area is 111 Å². The lowest BCUT2D eigenvalue weighted by Gasteiger charge is -2.10. The topological polar surface area (TPSA) is 56.7 Å². The molecule has 0 bridgehead atoms. The van der Waals surface area contributed by atoms with Crippen LogP contribution in [0.25, 0.3) is 17.1 Å². The van der Waals surface area contributed by atoms with Gasteiger partial charge in [0.25, 0.3) is 0 Å². The van der Waals surface area contributed by atoms with Gasteiger partial charge in [0.1, 0.15) is 6.33 Å². The van der Waals surface area contributed by atoms with Crippen molar-refractivity contribution in [1.82, 2.24) is 14.8 Å². The second-order valence-corrected chi connectivity index (χ2v) is 4.19. The van der Waals surface area contributed by atoms with Gasteiger partial charge in [0.2, 0.25) is 0 Å². The summed E-state index contributed by atoms with van der Waals surface area (Å²) < 4.78 is 1.83. The molecule has 4 nitrogen and oxygen atoms in total. The maximum atomic E-state index is 5.78. The highest BCUT2D eigenvalue weighted by Crippen LogP contribution is 2.21. The highest BCUT2D eigenvalue weighted by Gasteiger charge is 2.11. The van der Waals surface area contributed by atoms with Crippen molar-refractivity contribution < 1.29 is 0 Å². The molecule has 1 aromatic heterocycles. The third-order valence-electron chi connectivity index (χ3n) is 3.02. The number of hydrogen-bond acceptors (Lipinski definition) is 3. The lowest BCUT2D eigenvalue weighted by molar-refractivity contribution is 0.864. The van der Waals surface area contributed by atoms with E-state index < -0.39 is 0 Å². The second-order valence-electron chi connectivity index (χ2n) is 4.19. The maximum absolute atomic E-state index is 5.78. The molecule has 19 heavy (non-hydrogen) atoms. The SMILES string of the molecule is NCc1ccccc1-n1ncnc1-c1ccccc1. The molecule has 0 aliphatic heterocycles. The summed E-state index contributed by atoms with van der Waals surface area (Å²) in [4.78, 5) is 4.35. The zero-order chi connectivity index (χ0) is 13.1. The van der Waals surface area contributed by atoms with E-state index in [1.54, 1.807) is 6.33 Å². The van der Waals surface area contributed by atoms with Gasteiger partial charge in [0, 0.05) is 12.1 Å². The Morgan fingerprint density at radius 1 is 0.947 bits per heavy atom. The van der Waals surface area contributed by atoms with Crippen molar-refractivity contribution in [2.45, 2.75) is 6.54 Å². The second kappa shape index (κ2) is 5.04. The van der Waals surface area contributed by atoms with E-state index >= 15 is 0 Å². The molecule has 0 saturated heterocycles. The quantitative estimate of drug-likeness (QED) is 0.776. The van der Waals surface area contributed by atoms with Crippen LogP contribution >= 0.6 is 0 Å². The van der Waals surface area contributed by atoms with Crippen LogP contribution in [0.2, 0.25) is 0 Å². The third kappa shape index (κ3) is 2.13. The summed E-state index contributed by atoms with van der Waals surface area (Å²) in [6.07, 6.45) is 1.57. The summed E-state index contributed by atoms with van der Waals surface area (Å²) in [7, 11) is 0. The normalized spacial score (nSPS) is 10.6. The Morgan fingerprint density at radius 3 is 2.47 bits per heavy atom. The average Bonchev–Trinajstić information content (AvgIpc) is 2.97. The van der Waals surface area contributed by atoms with E-state index in [9.17, 15) is 0 Å². The third-order valence-corrected chi connectivity index (χ3v) is 3.02. The molecule has 0 amide bonds. The van der Waals surface area contributed by atoms with Crippen LogP contribution in [0.1, 0.15) is 5.56 Å². The molecule has 0 saturated carbocycles. The number of hydrogen-bond donors (Lipinski definition) is 1. The van der Waals surface area contributed by atoms with Crippen LogP contribution in [0.5, 0.6) is 0 Å². The Morgan fingerprint density at radius 2 is 1.68 bits per heavy atom. The van der Waals surface area contributed by atoms with Crippen LogP contribution in [-0.4, -0.2) is 14.8 Å². The molecule has 0 fully saturated rings. The van der Waals surface area contributed by atoms with Crippen molar-refractivity contribution in [3.63, 3.8) is 0 Å². The van der Waals surface area contributed by atoms with E-state index in [-0.39, 0.29) is 0 Å². The lowest BCUT2D eigenvalue weighted by atomic mass is 10.1. The van der Waals surface area contributed by atoms with Crippen LogP contribution in [0.15, 0.2) is 60.9 Å². The summed E-state index contributed by atoms with van der Waals surface area (Å²) in [5.41, 5.74) is 8.84. The van der Waals surface area contributed by atoms with Crippen molar-refractivity contribution in [3.05, 3.63) is 66.5 Å². The summed E-state index contributed by atoms with van der Waals surface area (Å²) in [5.74, 6) is 0.821. The summed E-state index contributed by atoms with van der Waals surface area (Å²) in [6, 6.07) is 18.0. The number of aromatic nitrogens is 3. The highest BCUT2D eigenvalue weighted by molar-refractivity contribution is 5.58. The predicted octanol–water partition coefficient (Wildman–Crippen LogP) is 2.39. The van der Waals surface area contributed by atoms with Gasteiger partial charge in [0.15, 0.2) is 5.82 Å². The molecule has 0 aliphatic rings. The van der Waals surface area contributed by atoms with Gasteiger partial charge in [-0.15, -0.1) is 0 Å². The molecule has 3 aromatic rings. The first-order valence-corrected chi connectivity index (χ1v) is 6.14. The van der Waals surface area contributed by atoms with Gasteiger partial charge in [0.05, 0.1) is 5.69 Å². The van der Waals surface area contributed by atoms with Gasteiger partial charge < -0.3 is 5.73 Å². The zero-order valence-electron chi connectivity index (χ0n) is 10.4. The molecule has 0 unspecified atom stereocenters. The van der Waals surface area contributed by atoms with Crippen LogP contribution in [-0.2, 0) is 6.54 Å². The van der Waals surface area contributed by atoms with Gasteiger partial charge in [-0.3, -0.25) is 0 Å². The Bertz CT molecular complexity index is 673. The van der Waals surface area contributed by atoms with E-state index in [0.717, 1.165) is 22.6 Å². The van der Waals surface area contributed by atoms with Crippen molar-refractivity contribution in [1.29, 1.82) is 0 Å². The van der Waals surface area contributed by atoms with E-state index in [1.807, 2.05) is 59.3 Å². The van der Waals surface area contributed by atoms with Crippen LogP contribution in [0, 0.1) is 0 Å². The molecular formula is C15H14N4. The van der Waals surface area contributed by atoms with Crippen LogP contribution in [0.3, 0.4) is 0 Å². The first-order valence-electron chi connectivity index (χ1n) is 6.14. The number of para-hydroxylation sites is 1. The molecule has 0 radical (unpaired) electrons. The highest BCUT2D eigenvalue weighted by atomic mass is 15.3. The minimum Gasteiger partial charge on any atom is -0.326 e. The van der Waals surface area contributed by atoms with Gasteiger partial charge in [-0.25, -0.2) is 9.67 Å². The smallest absolute Gasteiger partial charge is 0.163 e. The fraction of sp³-hybridized carbons (Fsp3) is 0.0667. The molecule has 1 heterocycles. The molecule has 0 aliphatic carbocycles. The van der Waals surface area contributed by atoms with Crippen molar-refractivity contribution in [2.75, 3.05) is 0 Å². The Kier molecular flexibility index (Phi) is 3.08. The summed E-state index contributed by atoms with van der Waals surface area (Å²) >= 11 is 0. The van der Waals surface area contributed by atoms with E-state index in [2.05, 4.69) is 10.1 Å². The van der Waals surface area contributed by atoms with Crippen molar-refractivity contribution in [3.8, 4) is 17.1 Å². The molecule has 0 atom stereocenters. The first-order chi connectivity index (χ1) is 9.40. The Hall–Kier alpha value is -2.46. The lowest BCUT2D eigenvalue weighted by Crippen LogP contribution is -2.06. The average molecular weight is 250 g/mol. The van der Waals surface area contributed by atoms with Crippen LogP contribution in [0.4, 0.5) is 0 Å². The summed E-state index contributed by atoms with van der Waals surface area (Å²) in [6.45, 7) is 0.476. The fourth-order valence-electron chi connectivity index (χ4n) is 2.09. The molecule has 4 heteroatoms. The monoisotopic (exact) mass is 250 g/mol. The standard InChI is InChI=1S/C15H14N4/c16-10-13-8-4-5-9-14(13)19-15(17-11-18-19)12-6-2-1-3-7-12/h1-9,11H,10,16H2. The number of rotatable bonds is 3. The molecule has 2 N–H and O–H groups in total. The largest absolute Gasteiger partial charge is 0.326 e. The van der Waals surface area contributed by atoms with Gasteiger partial charge in [-0.2, -0.15) is 5.10 Å². The number of benzene rings is 2. The maximum Gasteiger partial charge on any atom is 0.163 e. The van der Waals surface area contributed by atoms with E-state index in [4.69, 9.17) is 5.73 Å². The number of nitrogens with two attached hydrogens (primary N) is 1. The fourth-order valence-corrected chi connectivity index (χ4v) is 2.09. The molecule has 3 rings (SSSR count). The van der Waals surface area contributed by atoms with E-state index in [0.29, 0.717) is 6.54 Å². The summed E-state index contributed by atoms with van der Waals surface area (Å²) in [5, 5.41) is 4.32. The van der Waals surface area contributed by atoms with Crippen molar-refractivity contribution in [2.24, 2.45) is 5.73 Å². The first kappa shape index (κ1) is 11.6. The number of nitrogens with zero attached hydrogens (tertiary/aromatic N) is 3. The van der Waals surface area contributed by atoms with Gasteiger partial charge in [-0.1, -0.05) is 48.5 Å². The van der Waals surface area contributed by atoms with Crippen molar-refractivity contribution >= 4 is 0 Å². The van der Waals surface area contributed by atoms with Gasteiger partial charge >= 0.3 is 0 Å². The minimum atomic E-state index is 0.476. The molecule has 2 aromatic carbocycles. The molecule has 94 valence electrons. The Balaban J connectivity index is 2.15. The van der Waals surface area contributed by atoms with E-state index in [1.165, 1.54) is 0 Å². The van der Waals surface area contributed by atoms with Gasteiger partial charge in [-0.05, 0) is 11.6 Å². The molecule has 0 spiro atoms. The minimum absolute atomic E-state index is 0.476.